The first-order valence-electron chi connectivity index (χ1n) is 6.54. The number of nitrogens with one attached hydrogen (secondary N) is 2. The number of aromatic amines is 1. The molecule has 0 atom stereocenters. The van der Waals surface area contributed by atoms with Crippen molar-refractivity contribution in [3.8, 4) is 11.3 Å². The molecule has 0 amide bonds. The van der Waals surface area contributed by atoms with Gasteiger partial charge in [-0.2, -0.15) is 13.5 Å². The van der Waals surface area contributed by atoms with Crippen LogP contribution < -0.4 is 10.9 Å². The predicted molar refractivity (Wildman–Crippen MR) is 82.4 cm³/mol. The molecule has 0 spiro atoms. The summed E-state index contributed by atoms with van der Waals surface area (Å²) in [7, 11) is -3.67. The lowest BCUT2D eigenvalue weighted by Crippen LogP contribution is -2.24. The maximum absolute atomic E-state index is 11.7. The summed E-state index contributed by atoms with van der Waals surface area (Å²) in [6, 6.07) is 3.77. The zero-order valence-electron chi connectivity index (χ0n) is 11.9. The highest BCUT2D eigenvalue weighted by atomic mass is 32.2. The number of aromatic nitrogens is 3. The Hall–Kier alpha value is -2.26. The molecule has 0 fully saturated rings. The minimum atomic E-state index is -3.67. The number of fused-ring (bicyclic) bond motifs is 1. The Kier molecular flexibility index (Phi) is 4.88. The van der Waals surface area contributed by atoms with Crippen LogP contribution in [0.25, 0.3) is 11.3 Å². The Morgan fingerprint density at radius 3 is 2.55 bits per heavy atom. The average molecular weight is 324 g/mol. The molecular weight excluding hydrogens is 308 g/mol. The van der Waals surface area contributed by atoms with Gasteiger partial charge in [-0.3, -0.25) is 14.3 Å². The van der Waals surface area contributed by atoms with Crippen molar-refractivity contribution < 1.29 is 13.0 Å². The Bertz CT molecular complexity index is 795. The molecule has 118 valence electrons. The lowest BCUT2D eigenvalue weighted by atomic mass is 10.0. The van der Waals surface area contributed by atoms with Crippen molar-refractivity contribution in [1.82, 2.24) is 15.2 Å². The van der Waals surface area contributed by atoms with Crippen LogP contribution in [0.4, 0.5) is 5.69 Å². The van der Waals surface area contributed by atoms with Crippen LogP contribution in [-0.4, -0.2) is 41.0 Å². The average Bonchev–Trinajstić information content (AvgIpc) is 2.47. The highest BCUT2D eigenvalue weighted by Gasteiger charge is 2.18. The largest absolute Gasteiger partial charge is 0.383 e. The fourth-order valence-corrected chi connectivity index (χ4v) is 2.11. The topological polar surface area (TPSA) is 125 Å². The molecule has 3 rings (SSSR count). The lowest BCUT2D eigenvalue weighted by Gasteiger charge is -2.19. The minimum absolute atomic E-state index is 0.0926. The van der Waals surface area contributed by atoms with Gasteiger partial charge in [0, 0.05) is 30.1 Å². The number of nitrogens with zero attached hydrogens (tertiary/aromatic N) is 2. The molecule has 2 aromatic heterocycles. The summed E-state index contributed by atoms with van der Waals surface area (Å²) >= 11 is 0. The molecule has 3 N–H and O–H groups in total. The van der Waals surface area contributed by atoms with Crippen LogP contribution in [-0.2, 0) is 16.5 Å². The summed E-state index contributed by atoms with van der Waals surface area (Å²) < 4.78 is 25.9. The third-order valence-electron chi connectivity index (χ3n) is 2.94. The summed E-state index contributed by atoms with van der Waals surface area (Å²) in [6.07, 6.45) is 5.94. The maximum Gasteiger partial charge on any atom is 0.269 e. The molecule has 1 aliphatic heterocycles. The van der Waals surface area contributed by atoms with Gasteiger partial charge in [-0.1, -0.05) is 0 Å². The summed E-state index contributed by atoms with van der Waals surface area (Å²) in [6.45, 7) is 0.885. The van der Waals surface area contributed by atoms with E-state index in [-0.39, 0.29) is 5.56 Å². The van der Waals surface area contributed by atoms with E-state index in [1.165, 1.54) is 0 Å². The van der Waals surface area contributed by atoms with Gasteiger partial charge in [0.25, 0.3) is 15.7 Å². The fourth-order valence-electron chi connectivity index (χ4n) is 2.11. The second-order valence-corrected chi connectivity index (χ2v) is 6.22. The number of hydrogen-bond donors (Lipinski definition) is 3. The van der Waals surface area contributed by atoms with Gasteiger partial charge < -0.3 is 5.32 Å². The predicted octanol–water partition coefficient (Wildman–Crippen LogP) is 0.694. The van der Waals surface area contributed by atoms with Crippen molar-refractivity contribution >= 4 is 15.8 Å². The molecule has 0 aliphatic carbocycles. The van der Waals surface area contributed by atoms with E-state index in [0.717, 1.165) is 41.9 Å². The summed E-state index contributed by atoms with van der Waals surface area (Å²) in [5, 5.41) is 9.96. The first-order chi connectivity index (χ1) is 10.4. The Labute approximate surface area is 127 Å². The standard InChI is InChI=1S/C12H12N4O.CH4O3S/c17-12-9-2-1-5-14-11(9)10(15-16-12)8-3-6-13-7-4-8;1-5(2,3)4/h3-4,6-7,14H,1-2,5H2,(H,16,17);1H3,(H,2,3,4). The van der Waals surface area contributed by atoms with Crippen LogP contribution >= 0.6 is 0 Å². The molecular formula is C13H16N4O4S. The van der Waals surface area contributed by atoms with Crippen molar-refractivity contribution in [2.24, 2.45) is 0 Å². The van der Waals surface area contributed by atoms with Gasteiger partial charge in [0.2, 0.25) is 0 Å². The smallest absolute Gasteiger partial charge is 0.269 e. The van der Waals surface area contributed by atoms with E-state index in [9.17, 15) is 13.2 Å². The molecule has 3 heterocycles. The van der Waals surface area contributed by atoms with Crippen LogP contribution in [0.15, 0.2) is 29.3 Å². The van der Waals surface area contributed by atoms with Gasteiger partial charge in [0.1, 0.15) is 5.69 Å². The second-order valence-electron chi connectivity index (χ2n) is 4.75. The third-order valence-corrected chi connectivity index (χ3v) is 2.94. The zero-order valence-corrected chi connectivity index (χ0v) is 12.7. The third kappa shape index (κ3) is 4.37. The van der Waals surface area contributed by atoms with Crippen LogP contribution in [0.5, 0.6) is 0 Å². The van der Waals surface area contributed by atoms with Crippen molar-refractivity contribution in [2.75, 3.05) is 18.1 Å². The van der Waals surface area contributed by atoms with Crippen LogP contribution in [0, 0.1) is 0 Å². The Balaban J connectivity index is 0.000000309. The molecule has 1 aliphatic rings. The fraction of sp³-hybridized carbons (Fsp3) is 0.308. The molecule has 2 aromatic rings. The first-order valence-corrected chi connectivity index (χ1v) is 8.39. The normalized spacial score (nSPS) is 13.4. The van der Waals surface area contributed by atoms with Gasteiger partial charge in [-0.25, -0.2) is 5.10 Å². The molecule has 0 aromatic carbocycles. The van der Waals surface area contributed by atoms with Crippen molar-refractivity contribution in [1.29, 1.82) is 0 Å². The van der Waals surface area contributed by atoms with E-state index in [4.69, 9.17) is 4.55 Å². The Morgan fingerprint density at radius 1 is 1.27 bits per heavy atom. The second kappa shape index (κ2) is 6.67. The van der Waals surface area contributed by atoms with Gasteiger partial charge in [0.15, 0.2) is 0 Å². The van der Waals surface area contributed by atoms with Gasteiger partial charge in [-0.15, -0.1) is 0 Å². The van der Waals surface area contributed by atoms with Crippen molar-refractivity contribution in [3.63, 3.8) is 0 Å². The van der Waals surface area contributed by atoms with Crippen molar-refractivity contribution in [3.05, 3.63) is 40.4 Å². The van der Waals surface area contributed by atoms with E-state index in [1.807, 2.05) is 12.1 Å². The molecule has 0 saturated heterocycles. The number of rotatable bonds is 1. The highest BCUT2D eigenvalue weighted by Crippen LogP contribution is 2.28. The number of H-pyrrole nitrogens is 1. The van der Waals surface area contributed by atoms with Crippen molar-refractivity contribution in [2.45, 2.75) is 12.8 Å². The zero-order chi connectivity index (χ0) is 16.2. The van der Waals surface area contributed by atoms with E-state index in [2.05, 4.69) is 20.5 Å². The SMILES string of the molecule is CS(=O)(=O)O.O=c1[nH]nc(-c2ccncc2)c2c1CCCN2. The first kappa shape index (κ1) is 16.1. The molecule has 0 unspecified atom stereocenters. The quantitative estimate of drug-likeness (QED) is 0.659. The molecule has 0 saturated carbocycles. The van der Waals surface area contributed by atoms with Gasteiger partial charge in [-0.05, 0) is 25.0 Å². The monoisotopic (exact) mass is 324 g/mol. The van der Waals surface area contributed by atoms with E-state index >= 15 is 0 Å². The summed E-state index contributed by atoms with van der Waals surface area (Å²) in [5.74, 6) is 0. The van der Waals surface area contributed by atoms with E-state index in [0.29, 0.717) is 6.26 Å². The van der Waals surface area contributed by atoms with Gasteiger partial charge >= 0.3 is 0 Å². The molecule has 8 nitrogen and oxygen atoms in total. The minimum Gasteiger partial charge on any atom is -0.383 e. The van der Waals surface area contributed by atoms with Crippen LogP contribution in [0.1, 0.15) is 12.0 Å². The maximum atomic E-state index is 11.7. The Morgan fingerprint density at radius 2 is 1.91 bits per heavy atom. The van der Waals surface area contributed by atoms with E-state index < -0.39 is 10.1 Å². The van der Waals surface area contributed by atoms with Gasteiger partial charge in [0.05, 0.1) is 11.9 Å². The lowest BCUT2D eigenvalue weighted by molar-refractivity contribution is 0.490. The molecule has 22 heavy (non-hydrogen) atoms. The molecule has 0 radical (unpaired) electrons. The molecule has 0 bridgehead atoms. The molecule has 9 heteroatoms. The summed E-state index contributed by atoms with van der Waals surface area (Å²) in [5.41, 5.74) is 3.33. The highest BCUT2D eigenvalue weighted by molar-refractivity contribution is 7.85. The summed E-state index contributed by atoms with van der Waals surface area (Å²) in [4.78, 5) is 15.7. The van der Waals surface area contributed by atoms with Crippen LogP contribution in [0.3, 0.4) is 0 Å². The number of anilines is 1. The van der Waals surface area contributed by atoms with E-state index in [1.54, 1.807) is 12.4 Å². The number of pyridine rings is 1. The van der Waals surface area contributed by atoms with Crippen LogP contribution in [0.2, 0.25) is 0 Å². The number of hydrogen-bond acceptors (Lipinski definition) is 6.